The Labute approximate surface area is 152 Å². The van der Waals surface area contributed by atoms with Crippen molar-refractivity contribution >= 4 is 17.5 Å². The zero-order chi connectivity index (χ0) is 19.1. The Balaban J connectivity index is 1.87. The zero-order valence-electron chi connectivity index (χ0n) is 15.0. The van der Waals surface area contributed by atoms with Crippen LogP contribution >= 0.6 is 0 Å². The molecular formula is C20H22FN3O2. The lowest BCUT2D eigenvalue weighted by Crippen LogP contribution is -2.35. The summed E-state index contributed by atoms with van der Waals surface area (Å²) in [5.41, 5.74) is 5.34. The molecule has 0 saturated carbocycles. The second-order valence-corrected chi connectivity index (χ2v) is 6.20. The first-order chi connectivity index (χ1) is 12.4. The van der Waals surface area contributed by atoms with Crippen LogP contribution in [0.5, 0.6) is 0 Å². The van der Waals surface area contributed by atoms with Crippen LogP contribution in [0.25, 0.3) is 0 Å². The maximum atomic E-state index is 13.1. The van der Waals surface area contributed by atoms with Gasteiger partial charge >= 0.3 is 0 Å². The molecule has 2 N–H and O–H groups in total. The van der Waals surface area contributed by atoms with Crippen LogP contribution in [0.2, 0.25) is 0 Å². The summed E-state index contributed by atoms with van der Waals surface area (Å²) in [5, 5.41) is 6.46. The average molecular weight is 355 g/mol. The van der Waals surface area contributed by atoms with Gasteiger partial charge in [0.2, 0.25) is 0 Å². The van der Waals surface area contributed by atoms with E-state index in [0.717, 1.165) is 11.6 Å². The van der Waals surface area contributed by atoms with Gasteiger partial charge in [0.1, 0.15) is 5.82 Å². The van der Waals surface area contributed by atoms with Crippen molar-refractivity contribution in [3.63, 3.8) is 0 Å². The van der Waals surface area contributed by atoms with Gasteiger partial charge in [0.05, 0.1) is 12.3 Å². The Morgan fingerprint density at radius 1 is 1.08 bits per heavy atom. The Bertz CT molecular complexity index is 814. The number of carbonyl (C=O) groups is 2. The predicted octanol–water partition coefficient (Wildman–Crippen LogP) is 3.22. The van der Waals surface area contributed by atoms with Gasteiger partial charge in [-0.15, -0.1) is 0 Å². The van der Waals surface area contributed by atoms with Crippen LogP contribution in [0, 0.1) is 5.82 Å². The minimum absolute atomic E-state index is 0.155. The Morgan fingerprint density at radius 2 is 1.77 bits per heavy atom. The third-order valence-corrected chi connectivity index (χ3v) is 3.84. The normalized spacial score (nSPS) is 11.3. The fraction of sp³-hybridized carbons (Fsp3) is 0.250. The molecule has 0 saturated heterocycles. The van der Waals surface area contributed by atoms with Crippen molar-refractivity contribution in [1.82, 2.24) is 10.7 Å². The van der Waals surface area contributed by atoms with E-state index in [1.165, 1.54) is 23.8 Å². The van der Waals surface area contributed by atoms with Crippen molar-refractivity contribution < 1.29 is 14.0 Å². The number of nitrogens with zero attached hydrogens (tertiary/aromatic N) is 1. The summed E-state index contributed by atoms with van der Waals surface area (Å²) >= 11 is 0. The van der Waals surface area contributed by atoms with E-state index < -0.39 is 17.6 Å². The summed E-state index contributed by atoms with van der Waals surface area (Å²) in [6.45, 7) is 5.77. The predicted molar refractivity (Wildman–Crippen MR) is 99.6 cm³/mol. The molecule has 0 aliphatic heterocycles. The molecule has 26 heavy (non-hydrogen) atoms. The standard InChI is InChI=1S/C20H22FN3O2/c1-13(2)15-7-9-16(10-8-15)14(3)23-24-19(25)12-22-20(26)17-5-4-6-18(21)11-17/h4-11,13H,12H2,1-3H3,(H,22,26)(H,24,25)/b23-14+. The van der Waals surface area contributed by atoms with E-state index in [4.69, 9.17) is 0 Å². The first-order valence-corrected chi connectivity index (χ1v) is 8.34. The quantitative estimate of drug-likeness (QED) is 0.617. The van der Waals surface area contributed by atoms with Gasteiger partial charge in [-0.2, -0.15) is 5.10 Å². The van der Waals surface area contributed by atoms with Gasteiger partial charge in [-0.1, -0.05) is 44.2 Å². The second-order valence-electron chi connectivity index (χ2n) is 6.20. The zero-order valence-corrected chi connectivity index (χ0v) is 15.0. The van der Waals surface area contributed by atoms with Gasteiger partial charge in [-0.25, -0.2) is 9.82 Å². The average Bonchev–Trinajstić information content (AvgIpc) is 2.64. The minimum atomic E-state index is -0.523. The Kier molecular flexibility index (Phi) is 6.60. The number of hydrazone groups is 1. The van der Waals surface area contributed by atoms with Crippen LogP contribution in [0.3, 0.4) is 0 Å². The van der Waals surface area contributed by atoms with Gasteiger partial charge in [-0.3, -0.25) is 9.59 Å². The molecule has 0 bridgehead atoms. The fourth-order valence-electron chi connectivity index (χ4n) is 2.25. The molecule has 2 amide bonds. The van der Waals surface area contributed by atoms with Crippen LogP contribution in [-0.2, 0) is 4.79 Å². The highest BCUT2D eigenvalue weighted by molar-refractivity contribution is 6.00. The highest BCUT2D eigenvalue weighted by Crippen LogP contribution is 2.15. The molecule has 5 nitrogen and oxygen atoms in total. The van der Waals surface area contributed by atoms with Crippen molar-refractivity contribution in [2.75, 3.05) is 6.54 Å². The van der Waals surface area contributed by atoms with Gasteiger partial charge in [0.15, 0.2) is 0 Å². The molecule has 0 heterocycles. The monoisotopic (exact) mass is 355 g/mol. The molecule has 0 aliphatic carbocycles. The molecule has 0 fully saturated rings. The van der Waals surface area contributed by atoms with Crippen LogP contribution in [-0.4, -0.2) is 24.1 Å². The van der Waals surface area contributed by atoms with Gasteiger partial charge in [0, 0.05) is 5.56 Å². The summed E-state index contributed by atoms with van der Waals surface area (Å²) in [6, 6.07) is 13.2. The third kappa shape index (κ3) is 5.51. The summed E-state index contributed by atoms with van der Waals surface area (Å²) < 4.78 is 13.1. The lowest BCUT2D eigenvalue weighted by Gasteiger charge is -2.07. The molecule has 0 unspecified atom stereocenters. The van der Waals surface area contributed by atoms with Crippen molar-refractivity contribution in [1.29, 1.82) is 0 Å². The smallest absolute Gasteiger partial charge is 0.259 e. The third-order valence-electron chi connectivity index (χ3n) is 3.84. The molecule has 2 aromatic carbocycles. The van der Waals surface area contributed by atoms with E-state index in [1.807, 2.05) is 24.3 Å². The molecule has 0 atom stereocenters. The van der Waals surface area contributed by atoms with Crippen LogP contribution in [0.4, 0.5) is 4.39 Å². The highest BCUT2D eigenvalue weighted by Gasteiger charge is 2.08. The van der Waals surface area contributed by atoms with Crippen molar-refractivity contribution in [3.05, 3.63) is 71.0 Å². The molecule has 0 radical (unpaired) electrons. The van der Waals surface area contributed by atoms with Crippen molar-refractivity contribution in [3.8, 4) is 0 Å². The van der Waals surface area contributed by atoms with E-state index in [-0.39, 0.29) is 12.1 Å². The summed E-state index contributed by atoms with van der Waals surface area (Å²) in [4.78, 5) is 23.7. The molecule has 6 heteroatoms. The number of hydrogen-bond donors (Lipinski definition) is 2. The van der Waals surface area contributed by atoms with E-state index in [0.29, 0.717) is 11.6 Å². The molecule has 136 valence electrons. The van der Waals surface area contributed by atoms with Crippen LogP contribution in [0.1, 0.15) is 48.2 Å². The summed E-state index contributed by atoms with van der Waals surface area (Å²) in [6.07, 6.45) is 0. The van der Waals surface area contributed by atoms with Crippen molar-refractivity contribution in [2.45, 2.75) is 26.7 Å². The van der Waals surface area contributed by atoms with E-state index in [9.17, 15) is 14.0 Å². The van der Waals surface area contributed by atoms with E-state index >= 15 is 0 Å². The number of hydrogen-bond acceptors (Lipinski definition) is 3. The molecule has 0 aliphatic rings. The number of amides is 2. The lowest BCUT2D eigenvalue weighted by atomic mass is 10.0. The topological polar surface area (TPSA) is 70.6 Å². The maximum absolute atomic E-state index is 13.1. The second kappa shape index (κ2) is 8.89. The Morgan fingerprint density at radius 3 is 2.38 bits per heavy atom. The van der Waals surface area contributed by atoms with Gasteiger partial charge < -0.3 is 5.32 Å². The lowest BCUT2D eigenvalue weighted by molar-refractivity contribution is -0.120. The summed E-state index contributed by atoms with van der Waals surface area (Å²) in [5.74, 6) is -1.05. The first kappa shape index (κ1) is 19.3. The van der Waals surface area contributed by atoms with Gasteiger partial charge in [-0.05, 0) is 42.2 Å². The van der Waals surface area contributed by atoms with Crippen molar-refractivity contribution in [2.24, 2.45) is 5.10 Å². The number of nitrogens with one attached hydrogen (secondary N) is 2. The number of rotatable bonds is 6. The fourth-order valence-corrected chi connectivity index (χ4v) is 2.25. The molecule has 0 spiro atoms. The number of benzene rings is 2. The Hall–Kier alpha value is -3.02. The number of halogens is 1. The van der Waals surface area contributed by atoms with Crippen LogP contribution in [0.15, 0.2) is 53.6 Å². The van der Waals surface area contributed by atoms with E-state index in [2.05, 4.69) is 29.7 Å². The molecule has 0 aromatic heterocycles. The minimum Gasteiger partial charge on any atom is -0.343 e. The largest absolute Gasteiger partial charge is 0.343 e. The SMILES string of the molecule is C/C(=N\NC(=O)CNC(=O)c1cccc(F)c1)c1ccc(C(C)C)cc1. The first-order valence-electron chi connectivity index (χ1n) is 8.34. The maximum Gasteiger partial charge on any atom is 0.259 e. The summed E-state index contributed by atoms with van der Waals surface area (Å²) in [7, 11) is 0. The molecular weight excluding hydrogens is 333 g/mol. The molecule has 2 aromatic rings. The molecule has 2 rings (SSSR count). The van der Waals surface area contributed by atoms with Gasteiger partial charge in [0.25, 0.3) is 11.8 Å². The van der Waals surface area contributed by atoms with E-state index in [1.54, 1.807) is 6.92 Å². The highest BCUT2D eigenvalue weighted by atomic mass is 19.1. The number of carbonyl (C=O) groups excluding carboxylic acids is 2. The van der Waals surface area contributed by atoms with Crippen LogP contribution < -0.4 is 10.7 Å².